The molecule has 0 saturated carbocycles. The molecule has 23 heavy (non-hydrogen) atoms. The van der Waals surface area contributed by atoms with E-state index in [-0.39, 0.29) is 6.03 Å². The van der Waals surface area contributed by atoms with Crippen molar-refractivity contribution >= 4 is 23.4 Å². The first kappa shape index (κ1) is 17.3. The topological polar surface area (TPSA) is 59.4 Å². The van der Waals surface area contributed by atoms with Gasteiger partial charge in [0.1, 0.15) is 0 Å². The van der Waals surface area contributed by atoms with Gasteiger partial charge in [-0.2, -0.15) is 0 Å². The summed E-state index contributed by atoms with van der Waals surface area (Å²) >= 11 is 6.20. The van der Waals surface area contributed by atoms with Crippen LogP contribution in [0, 0.1) is 6.92 Å². The van der Waals surface area contributed by atoms with Crippen LogP contribution in [0.4, 0.5) is 10.6 Å². The Bertz CT molecular complexity index is 672. The molecule has 0 atom stereocenters. The number of benzene rings is 1. The number of para-hydroxylation sites is 1. The van der Waals surface area contributed by atoms with Gasteiger partial charge >= 0.3 is 6.03 Å². The van der Waals surface area contributed by atoms with Gasteiger partial charge in [-0.25, -0.2) is 9.48 Å². The van der Waals surface area contributed by atoms with Crippen molar-refractivity contribution in [1.82, 2.24) is 14.7 Å². The molecule has 0 unspecified atom stereocenters. The van der Waals surface area contributed by atoms with Crippen molar-refractivity contribution in [2.24, 2.45) is 0 Å². The van der Waals surface area contributed by atoms with Gasteiger partial charge in [-0.1, -0.05) is 23.7 Å². The third-order valence-corrected chi connectivity index (χ3v) is 3.71. The molecule has 2 amide bonds. The fourth-order valence-electron chi connectivity index (χ4n) is 2.16. The number of nitrogens with zero attached hydrogens (tertiary/aromatic N) is 3. The molecular formula is C16H21ClN4O2. The summed E-state index contributed by atoms with van der Waals surface area (Å²) in [5.74, 6) is 0.492. The van der Waals surface area contributed by atoms with Crippen LogP contribution in [0.3, 0.4) is 0 Å². The molecule has 6 nitrogen and oxygen atoms in total. The minimum atomic E-state index is -0.204. The van der Waals surface area contributed by atoms with Gasteiger partial charge in [0.05, 0.1) is 10.7 Å². The minimum absolute atomic E-state index is 0.204. The first-order valence-electron chi connectivity index (χ1n) is 7.35. The number of rotatable bonds is 6. The lowest BCUT2D eigenvalue weighted by Gasteiger charge is -2.16. The van der Waals surface area contributed by atoms with E-state index < -0.39 is 0 Å². The SMILES string of the molecule is COCCCN(C)C(=O)Nc1cc(C)n(-c2ccccc2Cl)n1. The average molecular weight is 337 g/mol. The molecule has 0 fully saturated rings. The lowest BCUT2D eigenvalue weighted by atomic mass is 10.3. The quantitative estimate of drug-likeness (QED) is 0.823. The van der Waals surface area contributed by atoms with E-state index in [1.165, 1.54) is 0 Å². The highest BCUT2D eigenvalue weighted by molar-refractivity contribution is 6.32. The Balaban J connectivity index is 2.07. The lowest BCUT2D eigenvalue weighted by molar-refractivity contribution is 0.179. The Morgan fingerprint density at radius 3 is 2.87 bits per heavy atom. The summed E-state index contributed by atoms with van der Waals surface area (Å²) in [5, 5.41) is 7.80. The summed E-state index contributed by atoms with van der Waals surface area (Å²) in [4.78, 5) is 13.7. The Morgan fingerprint density at radius 1 is 1.43 bits per heavy atom. The standard InChI is InChI=1S/C16H21ClN4O2/c1-12-11-15(18-16(22)20(2)9-6-10-23-3)19-21(12)14-8-5-4-7-13(14)17/h4-5,7-8,11H,6,9-10H2,1-3H3,(H,18,19,22). The molecule has 2 rings (SSSR count). The van der Waals surface area contributed by atoms with Crippen molar-refractivity contribution < 1.29 is 9.53 Å². The van der Waals surface area contributed by atoms with Crippen LogP contribution in [0.5, 0.6) is 0 Å². The van der Waals surface area contributed by atoms with Crippen molar-refractivity contribution in [1.29, 1.82) is 0 Å². The van der Waals surface area contributed by atoms with Crippen LogP contribution in [0.25, 0.3) is 5.69 Å². The van der Waals surface area contributed by atoms with E-state index in [1.54, 1.807) is 29.8 Å². The number of methoxy groups -OCH3 is 1. The van der Waals surface area contributed by atoms with E-state index in [1.807, 2.05) is 31.2 Å². The van der Waals surface area contributed by atoms with Crippen molar-refractivity contribution in [2.75, 3.05) is 32.6 Å². The highest BCUT2D eigenvalue weighted by Gasteiger charge is 2.13. The number of aryl methyl sites for hydroxylation is 1. The second-order valence-corrected chi connectivity index (χ2v) is 5.64. The number of carbonyl (C=O) groups is 1. The number of ether oxygens (including phenoxy) is 1. The predicted molar refractivity (Wildman–Crippen MR) is 91.5 cm³/mol. The van der Waals surface area contributed by atoms with E-state index in [2.05, 4.69) is 10.4 Å². The normalized spacial score (nSPS) is 10.6. The van der Waals surface area contributed by atoms with Gasteiger partial charge in [0, 0.05) is 39.1 Å². The summed E-state index contributed by atoms with van der Waals surface area (Å²) in [6.07, 6.45) is 0.785. The summed E-state index contributed by atoms with van der Waals surface area (Å²) in [6, 6.07) is 9.05. The minimum Gasteiger partial charge on any atom is -0.385 e. The molecule has 0 saturated heterocycles. The van der Waals surface area contributed by atoms with Crippen LogP contribution < -0.4 is 5.32 Å². The third kappa shape index (κ3) is 4.46. The molecule has 1 heterocycles. The Labute approximate surface area is 141 Å². The number of halogens is 1. The van der Waals surface area contributed by atoms with Gasteiger partial charge in [0.25, 0.3) is 0 Å². The van der Waals surface area contributed by atoms with E-state index in [9.17, 15) is 4.79 Å². The molecule has 1 N–H and O–H groups in total. The van der Waals surface area contributed by atoms with Crippen molar-refractivity contribution in [2.45, 2.75) is 13.3 Å². The van der Waals surface area contributed by atoms with E-state index in [4.69, 9.17) is 16.3 Å². The maximum atomic E-state index is 12.1. The smallest absolute Gasteiger partial charge is 0.322 e. The zero-order chi connectivity index (χ0) is 16.8. The fraction of sp³-hybridized carbons (Fsp3) is 0.375. The average Bonchev–Trinajstić information content (AvgIpc) is 2.88. The highest BCUT2D eigenvalue weighted by atomic mass is 35.5. The molecule has 0 spiro atoms. The molecule has 124 valence electrons. The molecule has 2 aromatic rings. The van der Waals surface area contributed by atoms with Crippen LogP contribution in [0.2, 0.25) is 5.02 Å². The predicted octanol–water partition coefficient (Wildman–Crippen LogP) is 3.33. The van der Waals surface area contributed by atoms with Crippen LogP contribution >= 0.6 is 11.6 Å². The number of urea groups is 1. The van der Waals surface area contributed by atoms with Gasteiger partial charge < -0.3 is 9.64 Å². The number of hydrogen-bond donors (Lipinski definition) is 1. The summed E-state index contributed by atoms with van der Waals surface area (Å²) in [7, 11) is 3.38. The van der Waals surface area contributed by atoms with Gasteiger partial charge in [-0.3, -0.25) is 5.32 Å². The number of amides is 2. The first-order chi connectivity index (χ1) is 11.0. The number of anilines is 1. The zero-order valence-electron chi connectivity index (χ0n) is 13.5. The van der Waals surface area contributed by atoms with E-state index >= 15 is 0 Å². The maximum absolute atomic E-state index is 12.1. The summed E-state index contributed by atoms with van der Waals surface area (Å²) < 4.78 is 6.69. The number of carbonyl (C=O) groups excluding carboxylic acids is 1. The number of aromatic nitrogens is 2. The van der Waals surface area contributed by atoms with E-state index in [0.717, 1.165) is 17.8 Å². The molecule has 0 aliphatic rings. The van der Waals surface area contributed by atoms with Crippen molar-refractivity contribution in [3.8, 4) is 5.69 Å². The van der Waals surface area contributed by atoms with Crippen LogP contribution in [0.1, 0.15) is 12.1 Å². The Morgan fingerprint density at radius 2 is 2.17 bits per heavy atom. The van der Waals surface area contributed by atoms with E-state index in [0.29, 0.717) is 24.0 Å². The number of nitrogens with one attached hydrogen (secondary N) is 1. The number of hydrogen-bond acceptors (Lipinski definition) is 3. The Hall–Kier alpha value is -2.05. The molecule has 0 bridgehead atoms. The van der Waals surface area contributed by atoms with Crippen LogP contribution in [-0.4, -0.2) is 48.0 Å². The van der Waals surface area contributed by atoms with Crippen molar-refractivity contribution in [3.05, 3.63) is 41.0 Å². The zero-order valence-corrected chi connectivity index (χ0v) is 14.3. The summed E-state index contributed by atoms with van der Waals surface area (Å²) in [6.45, 7) is 3.15. The van der Waals surface area contributed by atoms with Crippen LogP contribution in [-0.2, 0) is 4.74 Å². The van der Waals surface area contributed by atoms with Gasteiger partial charge in [0.2, 0.25) is 0 Å². The molecule has 1 aromatic carbocycles. The fourth-order valence-corrected chi connectivity index (χ4v) is 2.37. The molecule has 0 aliphatic heterocycles. The largest absolute Gasteiger partial charge is 0.385 e. The molecular weight excluding hydrogens is 316 g/mol. The van der Waals surface area contributed by atoms with Gasteiger partial charge in [-0.05, 0) is 25.5 Å². The maximum Gasteiger partial charge on any atom is 0.322 e. The highest BCUT2D eigenvalue weighted by Crippen LogP contribution is 2.22. The van der Waals surface area contributed by atoms with Crippen LogP contribution in [0.15, 0.2) is 30.3 Å². The monoisotopic (exact) mass is 336 g/mol. The van der Waals surface area contributed by atoms with Crippen molar-refractivity contribution in [3.63, 3.8) is 0 Å². The molecule has 1 aromatic heterocycles. The first-order valence-corrected chi connectivity index (χ1v) is 7.73. The Kier molecular flexibility index (Phi) is 6.01. The summed E-state index contributed by atoms with van der Waals surface area (Å²) in [5.41, 5.74) is 1.66. The molecule has 7 heteroatoms. The third-order valence-electron chi connectivity index (χ3n) is 3.39. The molecule has 0 radical (unpaired) electrons. The van der Waals surface area contributed by atoms with Gasteiger partial charge in [0.15, 0.2) is 5.82 Å². The van der Waals surface area contributed by atoms with Gasteiger partial charge in [-0.15, -0.1) is 5.10 Å². The second kappa shape index (κ2) is 7.99. The second-order valence-electron chi connectivity index (χ2n) is 5.23. The lowest BCUT2D eigenvalue weighted by Crippen LogP contribution is -2.32. The molecule has 0 aliphatic carbocycles.